The molecule has 1 aromatic heterocycles. The second kappa shape index (κ2) is 11.1. The highest BCUT2D eigenvalue weighted by Gasteiger charge is 2.26. The molecule has 180 valence electrons. The second-order valence-corrected chi connectivity index (χ2v) is 11.0. The molecule has 2 N–H and O–H groups in total. The van der Waals surface area contributed by atoms with Gasteiger partial charge in [-0.15, -0.1) is 23.1 Å². The zero-order chi connectivity index (χ0) is 24.9. The minimum Gasteiger partial charge on any atom is -0.322 e. The molecule has 0 saturated heterocycles. The standard InChI is InChI=1S/C27H26FN3O2S2/c1-3-23(26(33)31-27-21(15-29)19-12-11-16(2)13-24(19)35-27)34-18-8-6-7-17(14-18)30-25(32)20-9-4-5-10-22(20)28/h4-10,14,16,23H,3,11-13H2,1-2H3,(H,30,32)(H,31,33). The van der Waals surface area contributed by atoms with Crippen LogP contribution in [0, 0.1) is 23.1 Å². The lowest BCUT2D eigenvalue weighted by Gasteiger charge is -2.17. The van der Waals surface area contributed by atoms with Gasteiger partial charge in [0.15, 0.2) is 0 Å². The molecular formula is C27H26FN3O2S2. The SMILES string of the molecule is CCC(Sc1cccc(NC(=O)c2ccccc2F)c1)C(=O)Nc1sc2c(c1C#N)CCC(C)C2. The van der Waals surface area contributed by atoms with Gasteiger partial charge in [-0.2, -0.15) is 5.26 Å². The van der Waals surface area contributed by atoms with E-state index in [2.05, 4.69) is 23.6 Å². The van der Waals surface area contributed by atoms with Crippen molar-refractivity contribution in [1.82, 2.24) is 0 Å². The second-order valence-electron chi connectivity index (χ2n) is 8.63. The molecule has 35 heavy (non-hydrogen) atoms. The molecule has 1 aliphatic carbocycles. The van der Waals surface area contributed by atoms with E-state index in [-0.39, 0.29) is 16.7 Å². The van der Waals surface area contributed by atoms with Crippen molar-refractivity contribution in [3.63, 3.8) is 0 Å². The summed E-state index contributed by atoms with van der Waals surface area (Å²) in [7, 11) is 0. The molecule has 1 heterocycles. The number of amides is 2. The predicted octanol–water partition coefficient (Wildman–Crippen LogP) is 6.65. The van der Waals surface area contributed by atoms with Gasteiger partial charge in [-0.05, 0) is 67.5 Å². The minimum atomic E-state index is -0.584. The topological polar surface area (TPSA) is 82.0 Å². The average Bonchev–Trinajstić information content (AvgIpc) is 3.18. The molecule has 4 rings (SSSR count). The molecule has 0 radical (unpaired) electrons. The molecule has 0 spiro atoms. The molecule has 0 bridgehead atoms. The molecule has 2 amide bonds. The van der Waals surface area contributed by atoms with Gasteiger partial charge in [-0.25, -0.2) is 4.39 Å². The van der Waals surface area contributed by atoms with Gasteiger partial charge in [0.05, 0.1) is 16.4 Å². The largest absolute Gasteiger partial charge is 0.322 e. The molecule has 2 aromatic carbocycles. The summed E-state index contributed by atoms with van der Waals surface area (Å²) in [5.74, 6) is -0.683. The Kier molecular flexibility index (Phi) is 7.89. The van der Waals surface area contributed by atoms with Crippen LogP contribution in [0.15, 0.2) is 53.4 Å². The third-order valence-corrected chi connectivity index (χ3v) is 8.54. The number of fused-ring (bicyclic) bond motifs is 1. The zero-order valence-electron chi connectivity index (χ0n) is 19.6. The van der Waals surface area contributed by atoms with Gasteiger partial charge in [-0.1, -0.05) is 32.0 Å². The van der Waals surface area contributed by atoms with Crippen LogP contribution in [-0.2, 0) is 17.6 Å². The van der Waals surface area contributed by atoms with Crippen LogP contribution in [0.2, 0.25) is 0 Å². The van der Waals surface area contributed by atoms with Gasteiger partial charge in [0.2, 0.25) is 5.91 Å². The Morgan fingerprint density at radius 1 is 1.23 bits per heavy atom. The lowest BCUT2D eigenvalue weighted by molar-refractivity contribution is -0.115. The maximum atomic E-state index is 13.9. The number of hydrogen-bond acceptors (Lipinski definition) is 5. The highest BCUT2D eigenvalue weighted by atomic mass is 32.2. The van der Waals surface area contributed by atoms with Crippen LogP contribution < -0.4 is 10.6 Å². The molecular weight excluding hydrogens is 481 g/mol. The number of carbonyl (C=O) groups excluding carboxylic acids is 2. The quantitative estimate of drug-likeness (QED) is 0.351. The maximum absolute atomic E-state index is 13.9. The summed E-state index contributed by atoms with van der Waals surface area (Å²) >= 11 is 2.91. The lowest BCUT2D eigenvalue weighted by Crippen LogP contribution is -2.24. The molecule has 5 nitrogen and oxygen atoms in total. The first-order valence-corrected chi connectivity index (χ1v) is 13.3. The summed E-state index contributed by atoms with van der Waals surface area (Å²) in [6.07, 6.45) is 3.47. The number of nitrogens with one attached hydrogen (secondary N) is 2. The van der Waals surface area contributed by atoms with E-state index in [1.807, 2.05) is 13.0 Å². The molecule has 2 atom stereocenters. The molecule has 3 aromatic rings. The monoisotopic (exact) mass is 507 g/mol. The first-order valence-electron chi connectivity index (χ1n) is 11.6. The summed E-state index contributed by atoms with van der Waals surface area (Å²) in [4.78, 5) is 27.6. The van der Waals surface area contributed by atoms with E-state index in [9.17, 15) is 19.2 Å². The molecule has 2 unspecified atom stereocenters. The summed E-state index contributed by atoms with van der Waals surface area (Å²) < 4.78 is 13.9. The van der Waals surface area contributed by atoms with Crippen LogP contribution in [0.25, 0.3) is 0 Å². The number of anilines is 2. The Bertz CT molecular complexity index is 1300. The van der Waals surface area contributed by atoms with E-state index in [0.717, 1.165) is 29.7 Å². The van der Waals surface area contributed by atoms with Crippen molar-refractivity contribution in [1.29, 1.82) is 5.26 Å². The van der Waals surface area contributed by atoms with Crippen LogP contribution in [0.4, 0.5) is 15.1 Å². The highest BCUT2D eigenvalue weighted by molar-refractivity contribution is 8.00. The van der Waals surface area contributed by atoms with E-state index in [4.69, 9.17) is 0 Å². The number of carbonyl (C=O) groups is 2. The number of nitrogens with zero attached hydrogens (tertiary/aromatic N) is 1. The van der Waals surface area contributed by atoms with Crippen LogP contribution in [0.3, 0.4) is 0 Å². The van der Waals surface area contributed by atoms with Gasteiger partial charge in [-0.3, -0.25) is 9.59 Å². The summed E-state index contributed by atoms with van der Waals surface area (Å²) in [5, 5.41) is 15.7. The van der Waals surface area contributed by atoms with Crippen molar-refractivity contribution in [3.05, 3.63) is 75.9 Å². The number of hydrogen-bond donors (Lipinski definition) is 2. The number of thioether (sulfide) groups is 1. The average molecular weight is 508 g/mol. The van der Waals surface area contributed by atoms with E-state index in [1.165, 1.54) is 46.2 Å². The Labute approximate surface area is 212 Å². The van der Waals surface area contributed by atoms with Crippen molar-refractivity contribution in [2.75, 3.05) is 10.6 Å². The van der Waals surface area contributed by atoms with E-state index < -0.39 is 11.7 Å². The van der Waals surface area contributed by atoms with Crippen LogP contribution in [0.1, 0.15) is 53.1 Å². The van der Waals surface area contributed by atoms with Gasteiger partial charge in [0, 0.05) is 15.5 Å². The van der Waals surface area contributed by atoms with E-state index in [1.54, 1.807) is 24.3 Å². The Morgan fingerprint density at radius 2 is 2.03 bits per heavy atom. The highest BCUT2D eigenvalue weighted by Crippen LogP contribution is 2.39. The minimum absolute atomic E-state index is 0.0299. The number of rotatable bonds is 7. The van der Waals surface area contributed by atoms with Crippen molar-refractivity contribution >= 4 is 45.6 Å². The van der Waals surface area contributed by atoms with Crippen molar-refractivity contribution in [3.8, 4) is 6.07 Å². The molecule has 0 fully saturated rings. The van der Waals surface area contributed by atoms with E-state index >= 15 is 0 Å². The predicted molar refractivity (Wildman–Crippen MR) is 140 cm³/mol. The fraction of sp³-hybridized carbons (Fsp3) is 0.296. The number of halogens is 1. The Hall–Kier alpha value is -3.15. The van der Waals surface area contributed by atoms with Crippen molar-refractivity contribution < 1.29 is 14.0 Å². The number of benzene rings is 2. The fourth-order valence-electron chi connectivity index (χ4n) is 4.13. The number of thiophene rings is 1. The van der Waals surface area contributed by atoms with Crippen LogP contribution in [-0.4, -0.2) is 17.1 Å². The van der Waals surface area contributed by atoms with Crippen molar-refractivity contribution in [2.24, 2.45) is 5.92 Å². The van der Waals surface area contributed by atoms with Gasteiger partial charge in [0.25, 0.3) is 5.91 Å². The molecule has 0 aliphatic heterocycles. The van der Waals surface area contributed by atoms with E-state index in [0.29, 0.717) is 28.6 Å². The summed E-state index contributed by atoms with van der Waals surface area (Å²) in [5.41, 5.74) is 2.18. The molecule has 1 aliphatic rings. The molecule has 0 saturated carbocycles. The Morgan fingerprint density at radius 3 is 2.77 bits per heavy atom. The number of nitriles is 1. The summed E-state index contributed by atoms with van der Waals surface area (Å²) in [6, 6.07) is 15.3. The first-order chi connectivity index (χ1) is 16.9. The lowest BCUT2D eigenvalue weighted by atomic mass is 9.88. The smallest absolute Gasteiger partial charge is 0.258 e. The zero-order valence-corrected chi connectivity index (χ0v) is 21.2. The first kappa shape index (κ1) is 25.0. The normalized spacial score (nSPS) is 15.5. The third kappa shape index (κ3) is 5.75. The third-order valence-electron chi connectivity index (χ3n) is 6.01. The van der Waals surface area contributed by atoms with Crippen LogP contribution >= 0.6 is 23.1 Å². The van der Waals surface area contributed by atoms with Gasteiger partial charge < -0.3 is 10.6 Å². The Balaban J connectivity index is 1.45. The van der Waals surface area contributed by atoms with Gasteiger partial charge >= 0.3 is 0 Å². The maximum Gasteiger partial charge on any atom is 0.258 e. The van der Waals surface area contributed by atoms with Gasteiger partial charge in [0.1, 0.15) is 16.9 Å². The van der Waals surface area contributed by atoms with Crippen LogP contribution in [0.5, 0.6) is 0 Å². The fourth-order valence-corrected chi connectivity index (χ4v) is 6.50. The van der Waals surface area contributed by atoms with Crippen molar-refractivity contribution in [2.45, 2.75) is 49.7 Å². The molecule has 8 heteroatoms. The summed E-state index contributed by atoms with van der Waals surface area (Å²) in [6.45, 7) is 4.15.